The van der Waals surface area contributed by atoms with Gasteiger partial charge in [0.05, 0.1) is 23.6 Å². The van der Waals surface area contributed by atoms with Crippen molar-refractivity contribution >= 4 is 17.0 Å². The first-order valence-electron chi connectivity index (χ1n) is 7.17. The van der Waals surface area contributed by atoms with Gasteiger partial charge >= 0.3 is 0 Å². The van der Waals surface area contributed by atoms with E-state index in [2.05, 4.69) is 52.6 Å². The number of aromatic nitrogens is 1. The molecule has 4 heteroatoms. The maximum absolute atomic E-state index is 4.60. The lowest BCUT2D eigenvalue weighted by atomic mass is 10.0. The second-order valence-electron chi connectivity index (χ2n) is 5.37. The number of fused-ring (bicyclic) bond motifs is 1. The van der Waals surface area contributed by atoms with E-state index in [1.54, 1.807) is 4.88 Å². The van der Waals surface area contributed by atoms with Gasteiger partial charge < -0.3 is 10.2 Å². The van der Waals surface area contributed by atoms with Crippen molar-refractivity contribution in [1.82, 2.24) is 10.3 Å². The summed E-state index contributed by atoms with van der Waals surface area (Å²) in [6.07, 6.45) is 3.16. The summed E-state index contributed by atoms with van der Waals surface area (Å²) in [6, 6.07) is 7.34. The van der Waals surface area contributed by atoms with Crippen LogP contribution in [0.5, 0.6) is 0 Å². The molecule has 1 N–H and O–H groups in total. The predicted octanol–water partition coefficient (Wildman–Crippen LogP) is 3.55. The molecule has 1 aliphatic heterocycles. The molecule has 2 atom stereocenters. The Morgan fingerprint density at radius 2 is 2.25 bits per heavy atom. The van der Waals surface area contributed by atoms with Gasteiger partial charge in [0.1, 0.15) is 0 Å². The lowest BCUT2D eigenvalue weighted by molar-refractivity contribution is 0.621. The summed E-state index contributed by atoms with van der Waals surface area (Å²) in [5.41, 5.74) is 3.80. The summed E-state index contributed by atoms with van der Waals surface area (Å²) < 4.78 is 0. The zero-order valence-corrected chi connectivity index (χ0v) is 13.1. The number of nitrogens with zero attached hydrogens (tertiary/aromatic N) is 2. The van der Waals surface area contributed by atoms with E-state index in [-0.39, 0.29) is 0 Å². The van der Waals surface area contributed by atoms with Gasteiger partial charge in [-0.3, -0.25) is 4.98 Å². The molecule has 0 fully saturated rings. The van der Waals surface area contributed by atoms with E-state index in [1.807, 2.05) is 24.6 Å². The maximum Gasteiger partial charge on any atom is 0.0571 e. The number of hydrogen-bond acceptors (Lipinski definition) is 4. The summed E-state index contributed by atoms with van der Waals surface area (Å²) in [5, 5.41) is 5.43. The Hall–Kier alpha value is -1.39. The van der Waals surface area contributed by atoms with Crippen LogP contribution in [0, 0.1) is 0 Å². The van der Waals surface area contributed by atoms with E-state index in [0.717, 1.165) is 18.7 Å². The molecule has 3 rings (SSSR count). The van der Waals surface area contributed by atoms with Crippen molar-refractivity contribution in [1.29, 1.82) is 0 Å². The molecule has 0 aromatic carbocycles. The fraction of sp³-hybridized carbons (Fsp3) is 0.438. The Morgan fingerprint density at radius 3 is 2.95 bits per heavy atom. The SMILES string of the molecule is CNC(C)c1ccc(N2CCc3sccc3C2C)cn1. The largest absolute Gasteiger partial charge is 0.363 e. The predicted molar refractivity (Wildman–Crippen MR) is 85.5 cm³/mol. The molecule has 2 aromatic heterocycles. The van der Waals surface area contributed by atoms with Gasteiger partial charge in [-0.15, -0.1) is 11.3 Å². The highest BCUT2D eigenvalue weighted by atomic mass is 32.1. The van der Waals surface area contributed by atoms with E-state index in [1.165, 1.54) is 11.3 Å². The first kappa shape index (κ1) is 13.6. The number of pyridine rings is 1. The summed E-state index contributed by atoms with van der Waals surface area (Å²) >= 11 is 1.89. The van der Waals surface area contributed by atoms with Crippen LogP contribution in [0.15, 0.2) is 29.8 Å². The number of rotatable bonds is 3. The van der Waals surface area contributed by atoms with Gasteiger partial charge in [0.15, 0.2) is 0 Å². The molecule has 3 heterocycles. The average molecular weight is 287 g/mol. The van der Waals surface area contributed by atoms with Crippen LogP contribution in [-0.2, 0) is 6.42 Å². The molecule has 0 amide bonds. The second-order valence-corrected chi connectivity index (χ2v) is 6.37. The van der Waals surface area contributed by atoms with Crippen LogP contribution in [0.3, 0.4) is 0 Å². The quantitative estimate of drug-likeness (QED) is 0.936. The Bertz CT molecular complexity index is 576. The van der Waals surface area contributed by atoms with Crippen molar-refractivity contribution in [2.75, 3.05) is 18.5 Å². The van der Waals surface area contributed by atoms with Crippen LogP contribution in [-0.4, -0.2) is 18.6 Å². The first-order chi connectivity index (χ1) is 9.70. The third kappa shape index (κ3) is 2.34. The molecule has 1 aliphatic rings. The van der Waals surface area contributed by atoms with Gasteiger partial charge in [0.2, 0.25) is 0 Å². The lowest BCUT2D eigenvalue weighted by Crippen LogP contribution is -2.33. The van der Waals surface area contributed by atoms with Gasteiger partial charge in [-0.05, 0) is 56.5 Å². The summed E-state index contributed by atoms with van der Waals surface area (Å²) in [6.45, 7) is 5.50. The minimum atomic E-state index is 0.298. The standard InChI is InChI=1S/C16H21N3S/c1-11(17-3)15-5-4-13(10-18-15)19-8-6-16-14(12(19)2)7-9-20-16/h4-5,7,9-12,17H,6,8H2,1-3H3. The summed E-state index contributed by atoms with van der Waals surface area (Å²) in [4.78, 5) is 8.60. The van der Waals surface area contributed by atoms with Crippen LogP contribution in [0.2, 0.25) is 0 Å². The molecule has 3 nitrogen and oxygen atoms in total. The smallest absolute Gasteiger partial charge is 0.0571 e. The lowest BCUT2D eigenvalue weighted by Gasteiger charge is -2.35. The third-order valence-corrected chi connectivity index (χ3v) is 5.25. The zero-order valence-electron chi connectivity index (χ0n) is 12.3. The molecule has 0 saturated carbocycles. The molecule has 2 aromatic rings. The molecule has 0 aliphatic carbocycles. The van der Waals surface area contributed by atoms with E-state index in [0.29, 0.717) is 12.1 Å². The second kappa shape index (κ2) is 5.54. The Labute approximate surface area is 124 Å². The van der Waals surface area contributed by atoms with Gasteiger partial charge in [0, 0.05) is 17.5 Å². The molecule has 0 spiro atoms. The van der Waals surface area contributed by atoms with E-state index in [4.69, 9.17) is 0 Å². The average Bonchev–Trinajstić information content (AvgIpc) is 2.96. The number of thiophene rings is 1. The Kier molecular flexibility index (Phi) is 3.76. The van der Waals surface area contributed by atoms with E-state index >= 15 is 0 Å². The van der Waals surface area contributed by atoms with Crippen molar-refractivity contribution < 1.29 is 0 Å². The summed E-state index contributed by atoms with van der Waals surface area (Å²) in [7, 11) is 1.96. The van der Waals surface area contributed by atoms with E-state index < -0.39 is 0 Å². The topological polar surface area (TPSA) is 28.2 Å². The maximum atomic E-state index is 4.60. The van der Waals surface area contributed by atoms with Crippen molar-refractivity contribution in [3.63, 3.8) is 0 Å². The van der Waals surface area contributed by atoms with Gasteiger partial charge in [-0.2, -0.15) is 0 Å². The first-order valence-corrected chi connectivity index (χ1v) is 8.04. The van der Waals surface area contributed by atoms with Crippen molar-refractivity contribution in [2.45, 2.75) is 32.4 Å². The van der Waals surface area contributed by atoms with Crippen molar-refractivity contribution in [3.05, 3.63) is 45.9 Å². The molecule has 2 unspecified atom stereocenters. The molecule has 0 bridgehead atoms. The molecular formula is C16H21N3S. The monoisotopic (exact) mass is 287 g/mol. The minimum Gasteiger partial charge on any atom is -0.363 e. The molecule has 20 heavy (non-hydrogen) atoms. The van der Waals surface area contributed by atoms with Gasteiger partial charge in [0.25, 0.3) is 0 Å². The molecule has 0 radical (unpaired) electrons. The molecule has 106 valence electrons. The highest BCUT2D eigenvalue weighted by molar-refractivity contribution is 7.10. The fourth-order valence-electron chi connectivity index (χ4n) is 2.83. The molecule has 0 saturated heterocycles. The zero-order chi connectivity index (χ0) is 14.1. The summed E-state index contributed by atoms with van der Waals surface area (Å²) in [5.74, 6) is 0. The highest BCUT2D eigenvalue weighted by Gasteiger charge is 2.25. The van der Waals surface area contributed by atoms with Crippen molar-refractivity contribution in [3.8, 4) is 0 Å². The number of hydrogen-bond donors (Lipinski definition) is 1. The van der Waals surface area contributed by atoms with Crippen LogP contribution in [0.4, 0.5) is 5.69 Å². The number of anilines is 1. The van der Waals surface area contributed by atoms with Crippen LogP contribution >= 0.6 is 11.3 Å². The van der Waals surface area contributed by atoms with Gasteiger partial charge in [-0.1, -0.05) is 0 Å². The third-order valence-electron chi connectivity index (χ3n) is 4.26. The van der Waals surface area contributed by atoms with Crippen molar-refractivity contribution in [2.24, 2.45) is 0 Å². The minimum absolute atomic E-state index is 0.298. The normalized spacial score (nSPS) is 19.8. The van der Waals surface area contributed by atoms with Crippen LogP contribution in [0.1, 0.15) is 42.1 Å². The van der Waals surface area contributed by atoms with Gasteiger partial charge in [-0.25, -0.2) is 0 Å². The fourth-order valence-corrected chi connectivity index (χ4v) is 3.80. The van der Waals surface area contributed by atoms with Crippen LogP contribution < -0.4 is 10.2 Å². The highest BCUT2D eigenvalue weighted by Crippen LogP contribution is 2.35. The Morgan fingerprint density at radius 1 is 1.40 bits per heavy atom. The number of nitrogens with one attached hydrogen (secondary N) is 1. The van der Waals surface area contributed by atoms with Crippen LogP contribution in [0.25, 0.3) is 0 Å². The Balaban J connectivity index is 1.83. The van der Waals surface area contributed by atoms with E-state index in [9.17, 15) is 0 Å². The molecular weight excluding hydrogens is 266 g/mol.